The van der Waals surface area contributed by atoms with Gasteiger partial charge in [-0.2, -0.15) is 0 Å². The van der Waals surface area contributed by atoms with E-state index in [1.165, 1.54) is 34.1 Å². The van der Waals surface area contributed by atoms with Crippen LogP contribution in [-0.4, -0.2) is 75.4 Å². The molecule has 2 fully saturated rings. The summed E-state index contributed by atoms with van der Waals surface area (Å²) in [4.78, 5) is 60.8. The summed E-state index contributed by atoms with van der Waals surface area (Å²) in [6.45, 7) is 0.994. The molecule has 3 N–H and O–H groups in total. The molecule has 1 aromatic heterocycles. The van der Waals surface area contributed by atoms with E-state index >= 15 is 0 Å². The molecule has 2 saturated heterocycles. The molecule has 186 valence electrons. The third-order valence-corrected chi connectivity index (χ3v) is 6.08. The van der Waals surface area contributed by atoms with Gasteiger partial charge in [-0.15, -0.1) is 0 Å². The average Bonchev–Trinajstić information content (AvgIpc) is 3.37. The third kappa shape index (κ3) is 5.38. The number of amides is 3. The number of aromatic amines is 1. The van der Waals surface area contributed by atoms with Crippen molar-refractivity contribution in [2.45, 2.75) is 32.0 Å². The summed E-state index contributed by atoms with van der Waals surface area (Å²) < 4.78 is 18.3. The standard InChI is InChI=1S/C23H26FN5O6/c24-15-5-3-14(4-6-15)12-25-21(32)18-16(13-30)20(31)27-19(26-18)17-2-1-7-29(17)23(34)22(33)28-8-10-35-11-9-28/h3-6,17,30H,1-2,7-13H2,(H,25,32)(H,26,27,31). The Kier molecular flexibility index (Phi) is 7.51. The van der Waals surface area contributed by atoms with E-state index in [4.69, 9.17) is 4.74 Å². The smallest absolute Gasteiger partial charge is 0.312 e. The first-order valence-corrected chi connectivity index (χ1v) is 11.3. The molecule has 0 radical (unpaired) electrons. The highest BCUT2D eigenvalue weighted by Crippen LogP contribution is 2.30. The molecule has 1 aromatic carbocycles. The van der Waals surface area contributed by atoms with Gasteiger partial charge in [0.05, 0.1) is 31.4 Å². The maximum atomic E-state index is 13.1. The van der Waals surface area contributed by atoms with Gasteiger partial charge in [0.2, 0.25) is 0 Å². The molecule has 0 bridgehead atoms. The lowest BCUT2D eigenvalue weighted by atomic mass is 10.1. The number of nitrogens with zero attached hydrogens (tertiary/aromatic N) is 3. The van der Waals surface area contributed by atoms with Gasteiger partial charge in [-0.25, -0.2) is 9.37 Å². The first-order chi connectivity index (χ1) is 16.9. The minimum Gasteiger partial charge on any atom is -0.391 e. The van der Waals surface area contributed by atoms with E-state index in [0.717, 1.165) is 0 Å². The lowest BCUT2D eigenvalue weighted by Crippen LogP contribution is -2.49. The number of hydrogen-bond donors (Lipinski definition) is 3. The van der Waals surface area contributed by atoms with Gasteiger partial charge >= 0.3 is 11.8 Å². The summed E-state index contributed by atoms with van der Waals surface area (Å²) in [5.41, 5.74) is -0.564. The summed E-state index contributed by atoms with van der Waals surface area (Å²) in [5, 5.41) is 12.3. The fraction of sp³-hybridized carbons (Fsp3) is 0.435. The Labute approximate surface area is 199 Å². The van der Waals surface area contributed by atoms with Crippen molar-refractivity contribution in [3.8, 4) is 0 Å². The molecule has 3 amide bonds. The Morgan fingerprint density at radius 1 is 1.14 bits per heavy atom. The van der Waals surface area contributed by atoms with Crippen molar-refractivity contribution >= 4 is 17.7 Å². The zero-order valence-corrected chi connectivity index (χ0v) is 19.0. The minimum atomic E-state index is -0.718. The number of benzene rings is 1. The number of carbonyl (C=O) groups excluding carboxylic acids is 3. The minimum absolute atomic E-state index is 0.0515. The number of aromatic nitrogens is 2. The summed E-state index contributed by atoms with van der Waals surface area (Å²) in [5.74, 6) is -2.39. The molecule has 2 aliphatic heterocycles. The number of likely N-dealkylation sites (tertiary alicyclic amines) is 1. The van der Waals surface area contributed by atoms with Crippen molar-refractivity contribution in [2.75, 3.05) is 32.8 Å². The van der Waals surface area contributed by atoms with Crippen LogP contribution in [0.2, 0.25) is 0 Å². The number of ether oxygens (including phenoxy) is 1. The number of rotatable bonds is 5. The third-order valence-electron chi connectivity index (χ3n) is 6.08. The van der Waals surface area contributed by atoms with Crippen LogP contribution in [0.5, 0.6) is 0 Å². The van der Waals surface area contributed by atoms with Crippen molar-refractivity contribution in [1.29, 1.82) is 0 Å². The van der Waals surface area contributed by atoms with Gasteiger partial charge < -0.3 is 29.9 Å². The van der Waals surface area contributed by atoms with Gasteiger partial charge in [-0.3, -0.25) is 19.2 Å². The molecule has 2 aromatic rings. The van der Waals surface area contributed by atoms with Crippen molar-refractivity contribution in [1.82, 2.24) is 25.1 Å². The topological polar surface area (TPSA) is 145 Å². The van der Waals surface area contributed by atoms with Crippen LogP contribution in [0.15, 0.2) is 29.1 Å². The average molecular weight is 487 g/mol. The number of aliphatic hydroxyl groups excluding tert-OH is 1. The second-order valence-electron chi connectivity index (χ2n) is 8.31. The van der Waals surface area contributed by atoms with Gasteiger partial charge in [-0.1, -0.05) is 12.1 Å². The first kappa shape index (κ1) is 24.5. The number of carbonyl (C=O) groups is 3. The molecule has 3 heterocycles. The molecule has 0 spiro atoms. The molecule has 0 saturated carbocycles. The van der Waals surface area contributed by atoms with Gasteiger partial charge in [0.25, 0.3) is 11.5 Å². The fourth-order valence-electron chi connectivity index (χ4n) is 4.19. The van der Waals surface area contributed by atoms with Crippen LogP contribution in [0.25, 0.3) is 0 Å². The van der Waals surface area contributed by atoms with E-state index in [0.29, 0.717) is 51.3 Å². The lowest BCUT2D eigenvalue weighted by Gasteiger charge is -2.30. The maximum Gasteiger partial charge on any atom is 0.312 e. The highest BCUT2D eigenvalue weighted by molar-refractivity contribution is 6.35. The highest BCUT2D eigenvalue weighted by atomic mass is 19.1. The predicted molar refractivity (Wildman–Crippen MR) is 119 cm³/mol. The molecule has 12 heteroatoms. The van der Waals surface area contributed by atoms with E-state index in [-0.39, 0.29) is 23.6 Å². The van der Waals surface area contributed by atoms with Crippen LogP contribution in [0.4, 0.5) is 4.39 Å². The Morgan fingerprint density at radius 2 is 1.86 bits per heavy atom. The maximum absolute atomic E-state index is 13.1. The summed E-state index contributed by atoms with van der Waals surface area (Å²) in [6.07, 6.45) is 1.03. The molecule has 2 aliphatic rings. The molecule has 35 heavy (non-hydrogen) atoms. The normalized spacial score (nSPS) is 17.9. The predicted octanol–water partition coefficient (Wildman–Crippen LogP) is -0.146. The Bertz CT molecular complexity index is 1160. The Balaban J connectivity index is 1.55. The molecular formula is C23H26FN5O6. The largest absolute Gasteiger partial charge is 0.391 e. The molecule has 0 aliphatic carbocycles. The number of halogens is 1. The Hall–Kier alpha value is -3.64. The zero-order chi connectivity index (χ0) is 24.9. The quantitative estimate of drug-likeness (QED) is 0.498. The van der Waals surface area contributed by atoms with Crippen LogP contribution in [0.1, 0.15) is 46.3 Å². The van der Waals surface area contributed by atoms with Crippen molar-refractivity contribution in [3.63, 3.8) is 0 Å². The van der Waals surface area contributed by atoms with Crippen LogP contribution in [-0.2, 0) is 27.5 Å². The van der Waals surface area contributed by atoms with E-state index < -0.39 is 41.7 Å². The fourth-order valence-corrected chi connectivity index (χ4v) is 4.19. The molecule has 11 nitrogen and oxygen atoms in total. The summed E-state index contributed by atoms with van der Waals surface area (Å²) >= 11 is 0. The second kappa shape index (κ2) is 10.7. The number of H-pyrrole nitrogens is 1. The van der Waals surface area contributed by atoms with E-state index in [1.807, 2.05) is 0 Å². The number of hydrogen-bond acceptors (Lipinski definition) is 7. The van der Waals surface area contributed by atoms with Crippen LogP contribution in [0.3, 0.4) is 0 Å². The van der Waals surface area contributed by atoms with Crippen LogP contribution >= 0.6 is 0 Å². The molecule has 4 rings (SSSR count). The van der Waals surface area contributed by atoms with Crippen LogP contribution < -0.4 is 10.9 Å². The summed E-state index contributed by atoms with van der Waals surface area (Å²) in [7, 11) is 0. The van der Waals surface area contributed by atoms with E-state index in [9.17, 15) is 28.7 Å². The van der Waals surface area contributed by atoms with Crippen molar-refractivity contribution in [2.24, 2.45) is 0 Å². The second-order valence-corrected chi connectivity index (χ2v) is 8.31. The molecule has 1 atom stereocenters. The summed E-state index contributed by atoms with van der Waals surface area (Å²) in [6, 6.07) is 4.83. The SMILES string of the molecule is O=C(NCc1ccc(F)cc1)c1nc(C2CCCN2C(=O)C(=O)N2CCOCC2)[nH]c(=O)c1CO. The highest BCUT2D eigenvalue weighted by Gasteiger charge is 2.37. The number of aliphatic hydroxyl groups is 1. The van der Waals surface area contributed by atoms with Gasteiger partial charge in [0.1, 0.15) is 17.3 Å². The molecular weight excluding hydrogens is 461 g/mol. The van der Waals surface area contributed by atoms with E-state index in [1.54, 1.807) is 0 Å². The van der Waals surface area contributed by atoms with Crippen molar-refractivity contribution in [3.05, 3.63) is 63.1 Å². The van der Waals surface area contributed by atoms with Gasteiger partial charge in [0.15, 0.2) is 0 Å². The number of morpholine rings is 1. The first-order valence-electron chi connectivity index (χ1n) is 11.3. The Morgan fingerprint density at radius 3 is 2.54 bits per heavy atom. The monoisotopic (exact) mass is 487 g/mol. The van der Waals surface area contributed by atoms with Gasteiger partial charge in [-0.05, 0) is 30.5 Å². The number of nitrogens with one attached hydrogen (secondary N) is 2. The van der Waals surface area contributed by atoms with Gasteiger partial charge in [0, 0.05) is 26.2 Å². The lowest BCUT2D eigenvalue weighted by molar-refractivity contribution is -0.154. The zero-order valence-electron chi connectivity index (χ0n) is 19.0. The van der Waals surface area contributed by atoms with Crippen LogP contribution in [0, 0.1) is 5.82 Å². The van der Waals surface area contributed by atoms with Crippen molar-refractivity contribution < 1.29 is 28.6 Å². The molecule has 1 unspecified atom stereocenters. The van der Waals surface area contributed by atoms with E-state index in [2.05, 4.69) is 15.3 Å².